The molecule has 8 nitrogen and oxygen atoms in total. The Hall–Kier alpha value is -2.88. The Morgan fingerprint density at radius 2 is 2.03 bits per heavy atom. The number of rotatable bonds is 6. The molecule has 10 heteroatoms. The molecule has 1 N–H and O–H groups in total. The largest absolute Gasteiger partial charge is 0.376 e. The molecule has 1 saturated heterocycles. The maximum atomic E-state index is 13.4. The summed E-state index contributed by atoms with van der Waals surface area (Å²) in [5.41, 5.74) is 2.22. The van der Waals surface area contributed by atoms with Crippen LogP contribution in [0.2, 0.25) is 5.02 Å². The lowest BCUT2D eigenvalue weighted by molar-refractivity contribution is -0.121. The minimum Gasteiger partial charge on any atom is -0.376 e. The van der Waals surface area contributed by atoms with Gasteiger partial charge >= 0.3 is 0 Å². The Morgan fingerprint density at radius 1 is 1.24 bits per heavy atom. The smallest absolute Gasteiger partial charge is 0.244 e. The number of carbonyl (C=O) groups excluding carboxylic acids is 2. The van der Waals surface area contributed by atoms with E-state index in [-0.39, 0.29) is 24.5 Å². The van der Waals surface area contributed by atoms with Crippen LogP contribution in [0.4, 0.5) is 11.4 Å². The van der Waals surface area contributed by atoms with Gasteiger partial charge in [-0.05, 0) is 56.2 Å². The van der Waals surface area contributed by atoms with E-state index in [2.05, 4.69) is 15.5 Å². The molecule has 0 radical (unpaired) electrons. The van der Waals surface area contributed by atoms with Gasteiger partial charge in [-0.1, -0.05) is 35.5 Å². The minimum absolute atomic E-state index is 0.0145. The lowest BCUT2D eigenvalue weighted by Gasteiger charge is -2.30. The number of nitrogens with one attached hydrogen (secondary N) is 1. The lowest BCUT2D eigenvalue weighted by Crippen LogP contribution is -2.45. The van der Waals surface area contributed by atoms with E-state index in [9.17, 15) is 9.59 Å². The Labute approximate surface area is 206 Å². The summed E-state index contributed by atoms with van der Waals surface area (Å²) in [6, 6.07) is 14.8. The molecule has 2 atom stereocenters. The lowest BCUT2D eigenvalue weighted by atomic mass is 10.2. The van der Waals surface area contributed by atoms with E-state index < -0.39 is 5.25 Å². The molecule has 0 aliphatic carbocycles. The predicted octanol–water partition coefficient (Wildman–Crippen LogP) is 4.24. The maximum absolute atomic E-state index is 13.4. The quantitative estimate of drug-likeness (QED) is 0.512. The van der Waals surface area contributed by atoms with E-state index in [1.54, 1.807) is 6.07 Å². The molecular weight excluding hydrogens is 474 g/mol. The molecule has 0 spiro atoms. The highest BCUT2D eigenvalue weighted by Crippen LogP contribution is 2.33. The SMILES string of the molecule is C[C@H](Sc1nnc(-c2ccc(Cl)cc2)n1C[C@@H]1CCCO1)C(=O)N1CC(=O)Nc2ccccc21. The van der Waals surface area contributed by atoms with Crippen molar-refractivity contribution >= 4 is 46.6 Å². The number of fused-ring (bicyclic) bond motifs is 1. The molecule has 0 saturated carbocycles. The van der Waals surface area contributed by atoms with Crippen molar-refractivity contribution in [1.82, 2.24) is 14.8 Å². The molecular formula is C24H24ClN5O3S. The summed E-state index contributed by atoms with van der Waals surface area (Å²) >= 11 is 7.40. The fraction of sp³-hybridized carbons (Fsp3) is 0.333. The zero-order chi connectivity index (χ0) is 23.7. The van der Waals surface area contributed by atoms with Gasteiger partial charge < -0.3 is 10.1 Å². The van der Waals surface area contributed by atoms with Crippen molar-refractivity contribution in [1.29, 1.82) is 0 Å². The summed E-state index contributed by atoms with van der Waals surface area (Å²) in [7, 11) is 0. The molecule has 34 heavy (non-hydrogen) atoms. The monoisotopic (exact) mass is 497 g/mol. The van der Waals surface area contributed by atoms with Crippen molar-refractivity contribution in [2.45, 2.75) is 42.8 Å². The number of hydrogen-bond acceptors (Lipinski definition) is 6. The van der Waals surface area contributed by atoms with Crippen molar-refractivity contribution in [3.63, 3.8) is 0 Å². The van der Waals surface area contributed by atoms with Crippen molar-refractivity contribution in [2.24, 2.45) is 0 Å². The number of para-hydroxylation sites is 2. The number of ether oxygens (including phenoxy) is 1. The van der Waals surface area contributed by atoms with Gasteiger partial charge in [0, 0.05) is 17.2 Å². The van der Waals surface area contributed by atoms with Crippen LogP contribution in [-0.4, -0.2) is 51.1 Å². The zero-order valence-corrected chi connectivity index (χ0v) is 20.2. The Morgan fingerprint density at radius 3 is 2.79 bits per heavy atom. The summed E-state index contributed by atoms with van der Waals surface area (Å²) < 4.78 is 7.88. The predicted molar refractivity (Wildman–Crippen MR) is 132 cm³/mol. The summed E-state index contributed by atoms with van der Waals surface area (Å²) in [5.74, 6) is 0.333. The summed E-state index contributed by atoms with van der Waals surface area (Å²) in [6.45, 7) is 3.16. The van der Waals surface area contributed by atoms with E-state index in [0.29, 0.717) is 33.9 Å². The fourth-order valence-electron chi connectivity index (χ4n) is 4.20. The third-order valence-electron chi connectivity index (χ3n) is 5.90. The Balaban J connectivity index is 1.41. The molecule has 1 fully saturated rings. The average molecular weight is 498 g/mol. The van der Waals surface area contributed by atoms with Gasteiger partial charge in [-0.15, -0.1) is 10.2 Å². The van der Waals surface area contributed by atoms with E-state index in [4.69, 9.17) is 16.3 Å². The second-order valence-electron chi connectivity index (χ2n) is 8.31. The average Bonchev–Trinajstić information content (AvgIpc) is 3.49. The number of halogens is 1. The summed E-state index contributed by atoms with van der Waals surface area (Å²) in [4.78, 5) is 27.1. The van der Waals surface area contributed by atoms with Crippen LogP contribution < -0.4 is 10.2 Å². The number of hydrogen-bond donors (Lipinski definition) is 1. The van der Waals surface area contributed by atoms with Crippen LogP contribution in [-0.2, 0) is 20.9 Å². The Kier molecular flexibility index (Phi) is 6.58. The van der Waals surface area contributed by atoms with Crippen LogP contribution in [0.3, 0.4) is 0 Å². The number of aromatic nitrogens is 3. The van der Waals surface area contributed by atoms with Crippen LogP contribution >= 0.6 is 23.4 Å². The molecule has 2 amide bonds. The summed E-state index contributed by atoms with van der Waals surface area (Å²) in [6.07, 6.45) is 2.07. The van der Waals surface area contributed by atoms with Crippen LogP contribution in [0.1, 0.15) is 19.8 Å². The topological polar surface area (TPSA) is 89.3 Å². The van der Waals surface area contributed by atoms with Crippen molar-refractivity contribution in [3.8, 4) is 11.4 Å². The molecule has 0 unspecified atom stereocenters. The van der Waals surface area contributed by atoms with Crippen molar-refractivity contribution in [3.05, 3.63) is 53.6 Å². The second-order valence-corrected chi connectivity index (χ2v) is 10.1. The molecule has 3 aromatic rings. The van der Waals surface area contributed by atoms with Gasteiger partial charge in [-0.25, -0.2) is 0 Å². The van der Waals surface area contributed by atoms with Gasteiger partial charge in [0.2, 0.25) is 11.8 Å². The highest BCUT2D eigenvalue weighted by Gasteiger charge is 2.31. The highest BCUT2D eigenvalue weighted by atomic mass is 35.5. The molecule has 0 bridgehead atoms. The molecule has 1 aromatic heterocycles. The van der Waals surface area contributed by atoms with Gasteiger partial charge in [0.15, 0.2) is 11.0 Å². The first-order valence-electron chi connectivity index (χ1n) is 11.2. The first kappa shape index (κ1) is 22.9. The van der Waals surface area contributed by atoms with Crippen molar-refractivity contribution in [2.75, 3.05) is 23.4 Å². The van der Waals surface area contributed by atoms with Gasteiger partial charge in [0.1, 0.15) is 6.54 Å². The number of benzene rings is 2. The Bertz CT molecular complexity index is 1210. The number of amides is 2. The van der Waals surface area contributed by atoms with E-state index in [0.717, 1.165) is 25.0 Å². The van der Waals surface area contributed by atoms with Crippen LogP contribution in [0.5, 0.6) is 0 Å². The van der Waals surface area contributed by atoms with Gasteiger partial charge in [-0.3, -0.25) is 19.1 Å². The van der Waals surface area contributed by atoms with Gasteiger partial charge in [0.05, 0.1) is 29.3 Å². The molecule has 3 heterocycles. The van der Waals surface area contributed by atoms with Gasteiger partial charge in [-0.2, -0.15) is 0 Å². The van der Waals surface area contributed by atoms with Crippen molar-refractivity contribution < 1.29 is 14.3 Å². The maximum Gasteiger partial charge on any atom is 0.244 e. The van der Waals surface area contributed by atoms with Crippen LogP contribution in [0.15, 0.2) is 53.7 Å². The van der Waals surface area contributed by atoms with E-state index in [1.807, 2.05) is 54.0 Å². The molecule has 2 aliphatic rings. The highest BCUT2D eigenvalue weighted by molar-refractivity contribution is 8.00. The zero-order valence-electron chi connectivity index (χ0n) is 18.6. The normalized spacial score (nSPS) is 18.5. The number of thioether (sulfide) groups is 1. The molecule has 5 rings (SSSR count). The van der Waals surface area contributed by atoms with Gasteiger partial charge in [0.25, 0.3) is 0 Å². The van der Waals surface area contributed by atoms with Crippen LogP contribution in [0, 0.1) is 0 Å². The third-order valence-corrected chi connectivity index (χ3v) is 7.22. The first-order valence-corrected chi connectivity index (χ1v) is 12.4. The molecule has 176 valence electrons. The number of nitrogens with zero attached hydrogens (tertiary/aromatic N) is 4. The molecule has 2 aliphatic heterocycles. The minimum atomic E-state index is -0.482. The standard InChI is InChI=1S/C24H24ClN5O3S/c1-15(23(32)29-14-21(31)26-19-6-2-3-7-20(19)29)34-24-28-27-22(16-8-10-17(25)11-9-16)30(24)13-18-5-4-12-33-18/h2-3,6-11,15,18H,4-5,12-14H2,1H3,(H,26,31)/t15-,18-/m0/s1. The number of carbonyl (C=O) groups is 2. The number of anilines is 2. The fourth-order valence-corrected chi connectivity index (χ4v) is 5.25. The second kappa shape index (κ2) is 9.77. The van der Waals surface area contributed by atoms with E-state index in [1.165, 1.54) is 16.7 Å². The van der Waals surface area contributed by atoms with Crippen LogP contribution in [0.25, 0.3) is 11.4 Å². The van der Waals surface area contributed by atoms with E-state index >= 15 is 0 Å². The summed E-state index contributed by atoms with van der Waals surface area (Å²) in [5, 5.41) is 12.5. The molecule has 2 aromatic carbocycles. The first-order chi connectivity index (χ1) is 16.5. The third kappa shape index (κ3) is 4.68.